The Morgan fingerprint density at radius 3 is 2.90 bits per heavy atom. The van der Waals surface area contributed by atoms with Gasteiger partial charge < -0.3 is 15.6 Å². The van der Waals surface area contributed by atoms with Crippen molar-refractivity contribution in [1.29, 1.82) is 0 Å². The number of nitrogens with two attached hydrogens (primary N) is 1. The molecule has 1 fully saturated rings. The first kappa shape index (κ1) is 15.3. The van der Waals surface area contributed by atoms with Gasteiger partial charge in [-0.3, -0.25) is 4.90 Å². The molecule has 112 valence electrons. The standard InChI is InChI=1S/C16H26N2O2/c1-11-4-5-16(19)15(8-11)12(2)18-7-6-14(20-3)9-13(18)10-17/h4-5,8,12-14,19H,6-7,9-10,17H2,1-3H3. The van der Waals surface area contributed by atoms with Gasteiger partial charge in [-0.1, -0.05) is 17.7 Å². The second-order valence-electron chi connectivity index (χ2n) is 5.75. The van der Waals surface area contributed by atoms with E-state index < -0.39 is 0 Å². The summed E-state index contributed by atoms with van der Waals surface area (Å²) >= 11 is 0. The van der Waals surface area contributed by atoms with Crippen LogP contribution in [-0.4, -0.2) is 42.4 Å². The van der Waals surface area contributed by atoms with Crippen LogP contribution < -0.4 is 5.73 Å². The number of rotatable bonds is 4. The smallest absolute Gasteiger partial charge is 0.120 e. The molecule has 1 heterocycles. The fourth-order valence-electron chi connectivity index (χ4n) is 3.18. The van der Waals surface area contributed by atoms with Crippen molar-refractivity contribution >= 4 is 0 Å². The number of nitrogens with zero attached hydrogens (tertiary/aromatic N) is 1. The van der Waals surface area contributed by atoms with Crippen LogP contribution in [0.25, 0.3) is 0 Å². The van der Waals surface area contributed by atoms with Crippen LogP contribution in [0.5, 0.6) is 5.75 Å². The predicted molar refractivity (Wildman–Crippen MR) is 80.8 cm³/mol. The number of phenolic OH excluding ortho intramolecular Hbond substituents is 1. The zero-order chi connectivity index (χ0) is 14.7. The molecule has 1 aliphatic rings. The van der Waals surface area contributed by atoms with Crippen LogP contribution in [-0.2, 0) is 4.74 Å². The minimum Gasteiger partial charge on any atom is -0.508 e. The summed E-state index contributed by atoms with van der Waals surface area (Å²) in [6.07, 6.45) is 2.28. The minimum absolute atomic E-state index is 0.168. The van der Waals surface area contributed by atoms with E-state index in [2.05, 4.69) is 17.9 Å². The zero-order valence-electron chi connectivity index (χ0n) is 12.7. The Bertz CT molecular complexity index is 450. The van der Waals surface area contributed by atoms with Gasteiger partial charge >= 0.3 is 0 Å². The summed E-state index contributed by atoms with van der Waals surface area (Å²) in [4.78, 5) is 2.39. The Balaban J connectivity index is 2.19. The predicted octanol–water partition coefficient (Wildman–Crippen LogP) is 2.20. The van der Waals surface area contributed by atoms with Crippen LogP contribution in [0.2, 0.25) is 0 Å². The lowest BCUT2D eigenvalue weighted by Crippen LogP contribution is -2.49. The van der Waals surface area contributed by atoms with E-state index in [1.807, 2.05) is 13.0 Å². The summed E-state index contributed by atoms with van der Waals surface area (Å²) in [5.74, 6) is 0.368. The minimum atomic E-state index is 0.168. The molecular weight excluding hydrogens is 252 g/mol. The van der Waals surface area contributed by atoms with Crippen molar-refractivity contribution in [3.8, 4) is 5.75 Å². The summed E-state index contributed by atoms with van der Waals surface area (Å²) < 4.78 is 5.47. The molecule has 1 aliphatic heterocycles. The largest absolute Gasteiger partial charge is 0.508 e. The molecule has 0 amide bonds. The molecule has 0 saturated carbocycles. The lowest BCUT2D eigenvalue weighted by atomic mass is 9.94. The summed E-state index contributed by atoms with van der Waals surface area (Å²) in [7, 11) is 1.77. The number of aryl methyl sites for hydroxylation is 1. The van der Waals surface area contributed by atoms with Crippen LogP contribution >= 0.6 is 0 Å². The van der Waals surface area contributed by atoms with Gasteiger partial charge in [0.25, 0.3) is 0 Å². The number of ether oxygens (including phenoxy) is 1. The van der Waals surface area contributed by atoms with Crippen LogP contribution in [0, 0.1) is 6.92 Å². The van der Waals surface area contributed by atoms with Gasteiger partial charge in [0.05, 0.1) is 6.10 Å². The Labute approximate surface area is 121 Å². The molecule has 0 aliphatic carbocycles. The second-order valence-corrected chi connectivity index (χ2v) is 5.75. The van der Waals surface area contributed by atoms with Gasteiger partial charge in [0.1, 0.15) is 5.75 Å². The van der Waals surface area contributed by atoms with Gasteiger partial charge in [-0.05, 0) is 32.8 Å². The first-order valence-corrected chi connectivity index (χ1v) is 7.35. The summed E-state index contributed by atoms with van der Waals surface area (Å²) in [5, 5.41) is 10.1. The average Bonchev–Trinajstić information content (AvgIpc) is 2.48. The number of hydrogen-bond acceptors (Lipinski definition) is 4. The first-order valence-electron chi connectivity index (χ1n) is 7.35. The van der Waals surface area contributed by atoms with E-state index in [0.717, 1.165) is 24.9 Å². The van der Waals surface area contributed by atoms with E-state index in [1.165, 1.54) is 5.56 Å². The van der Waals surface area contributed by atoms with Crippen molar-refractivity contribution in [2.45, 2.75) is 44.9 Å². The third-order valence-corrected chi connectivity index (χ3v) is 4.45. The number of methoxy groups -OCH3 is 1. The Morgan fingerprint density at radius 2 is 2.25 bits per heavy atom. The molecule has 1 aromatic rings. The Morgan fingerprint density at radius 1 is 1.50 bits per heavy atom. The highest BCUT2D eigenvalue weighted by molar-refractivity contribution is 5.37. The highest BCUT2D eigenvalue weighted by Crippen LogP contribution is 2.33. The van der Waals surface area contributed by atoms with Crippen molar-refractivity contribution in [3.63, 3.8) is 0 Å². The van der Waals surface area contributed by atoms with Crippen LogP contribution in [0.4, 0.5) is 0 Å². The van der Waals surface area contributed by atoms with Crippen molar-refractivity contribution in [3.05, 3.63) is 29.3 Å². The number of aromatic hydroxyl groups is 1. The first-order chi connectivity index (χ1) is 9.56. The SMILES string of the molecule is COC1CCN(C(C)c2cc(C)ccc2O)C(CN)C1. The van der Waals surface area contributed by atoms with Gasteiger partial charge in [0.15, 0.2) is 0 Å². The van der Waals surface area contributed by atoms with Crippen LogP contribution in [0.15, 0.2) is 18.2 Å². The van der Waals surface area contributed by atoms with Gasteiger partial charge in [-0.2, -0.15) is 0 Å². The Kier molecular flexibility index (Phi) is 5.02. The molecule has 20 heavy (non-hydrogen) atoms. The third-order valence-electron chi connectivity index (χ3n) is 4.45. The number of benzene rings is 1. The van der Waals surface area contributed by atoms with Gasteiger partial charge in [-0.25, -0.2) is 0 Å². The molecule has 1 saturated heterocycles. The van der Waals surface area contributed by atoms with Gasteiger partial charge in [0.2, 0.25) is 0 Å². The maximum Gasteiger partial charge on any atom is 0.120 e. The molecule has 1 aromatic carbocycles. The molecular formula is C16H26N2O2. The molecule has 0 radical (unpaired) electrons. The molecule has 0 bridgehead atoms. The van der Waals surface area contributed by atoms with Crippen molar-refractivity contribution < 1.29 is 9.84 Å². The van der Waals surface area contributed by atoms with Gasteiger partial charge in [-0.15, -0.1) is 0 Å². The zero-order valence-corrected chi connectivity index (χ0v) is 12.7. The second kappa shape index (κ2) is 6.57. The number of likely N-dealkylation sites (tertiary alicyclic amines) is 1. The number of piperidine rings is 1. The summed E-state index contributed by atoms with van der Waals surface area (Å²) in [6.45, 7) is 5.77. The third kappa shape index (κ3) is 3.14. The molecule has 4 nitrogen and oxygen atoms in total. The highest BCUT2D eigenvalue weighted by atomic mass is 16.5. The average molecular weight is 278 g/mol. The quantitative estimate of drug-likeness (QED) is 0.886. The Hall–Kier alpha value is -1.10. The molecule has 3 unspecified atom stereocenters. The van der Waals surface area contributed by atoms with Crippen LogP contribution in [0.1, 0.15) is 36.9 Å². The number of hydrogen-bond donors (Lipinski definition) is 2. The van der Waals surface area contributed by atoms with E-state index in [1.54, 1.807) is 13.2 Å². The van der Waals surface area contributed by atoms with E-state index >= 15 is 0 Å². The normalized spacial score (nSPS) is 25.6. The van der Waals surface area contributed by atoms with Crippen molar-refractivity contribution in [1.82, 2.24) is 4.90 Å². The van der Waals surface area contributed by atoms with E-state index in [9.17, 15) is 5.11 Å². The maximum atomic E-state index is 10.1. The molecule has 0 aromatic heterocycles. The fourth-order valence-corrected chi connectivity index (χ4v) is 3.18. The summed E-state index contributed by atoms with van der Waals surface area (Å²) in [5.41, 5.74) is 8.09. The van der Waals surface area contributed by atoms with Gasteiger partial charge in [0, 0.05) is 37.8 Å². The molecule has 3 atom stereocenters. The molecule has 0 spiro atoms. The summed E-state index contributed by atoms with van der Waals surface area (Å²) in [6, 6.07) is 6.25. The number of phenols is 1. The van der Waals surface area contributed by atoms with Crippen molar-refractivity contribution in [2.75, 3.05) is 20.2 Å². The van der Waals surface area contributed by atoms with E-state index in [-0.39, 0.29) is 6.04 Å². The van der Waals surface area contributed by atoms with E-state index in [4.69, 9.17) is 10.5 Å². The topological polar surface area (TPSA) is 58.7 Å². The monoisotopic (exact) mass is 278 g/mol. The molecule has 4 heteroatoms. The highest BCUT2D eigenvalue weighted by Gasteiger charge is 2.31. The maximum absolute atomic E-state index is 10.1. The molecule has 2 rings (SSSR count). The van der Waals surface area contributed by atoms with Crippen LogP contribution in [0.3, 0.4) is 0 Å². The van der Waals surface area contributed by atoms with Crippen molar-refractivity contribution in [2.24, 2.45) is 5.73 Å². The van der Waals surface area contributed by atoms with E-state index in [0.29, 0.717) is 24.4 Å². The lowest BCUT2D eigenvalue weighted by molar-refractivity contribution is -0.00195. The fraction of sp³-hybridized carbons (Fsp3) is 0.625. The lowest BCUT2D eigenvalue weighted by Gasteiger charge is -2.42. The molecule has 3 N–H and O–H groups in total.